The van der Waals surface area contributed by atoms with Crippen molar-refractivity contribution < 1.29 is 9.47 Å². The molecule has 2 heteroatoms. The molecule has 1 aromatic carbocycles. The Bertz CT molecular complexity index is 390. The lowest BCUT2D eigenvalue weighted by atomic mass is 10.1. The lowest BCUT2D eigenvalue weighted by Crippen LogP contribution is -2.03. The summed E-state index contributed by atoms with van der Waals surface area (Å²) >= 11 is 0. The van der Waals surface area contributed by atoms with Crippen LogP contribution in [0.5, 0.6) is 5.75 Å². The van der Waals surface area contributed by atoms with E-state index < -0.39 is 0 Å². The highest BCUT2D eigenvalue weighted by Gasteiger charge is 2.22. The lowest BCUT2D eigenvalue weighted by molar-refractivity contribution is 0.263. The smallest absolute Gasteiger partial charge is 0.119 e. The summed E-state index contributed by atoms with van der Waals surface area (Å²) in [7, 11) is 0. The number of hydrogen-bond acceptors (Lipinski definition) is 2. The zero-order valence-electron chi connectivity index (χ0n) is 12.5. The van der Waals surface area contributed by atoms with Crippen molar-refractivity contribution in [1.29, 1.82) is 0 Å². The van der Waals surface area contributed by atoms with Crippen molar-refractivity contribution in [2.45, 2.75) is 51.6 Å². The van der Waals surface area contributed by atoms with Crippen LogP contribution in [0.3, 0.4) is 0 Å². The zero-order chi connectivity index (χ0) is 14.0. The van der Waals surface area contributed by atoms with Crippen LogP contribution in [0.25, 0.3) is 6.08 Å². The molecule has 0 radical (unpaired) electrons. The summed E-state index contributed by atoms with van der Waals surface area (Å²) < 4.78 is 10.7. The van der Waals surface area contributed by atoms with E-state index >= 15 is 0 Å². The van der Waals surface area contributed by atoms with Crippen molar-refractivity contribution in [1.82, 2.24) is 0 Å². The summed E-state index contributed by atoms with van der Waals surface area (Å²) in [5, 5.41) is 0. The standard InChI is InChI=1S/C18H26O2/c1-2-3-4-5-6-7-8-9-16-10-12-17(13-11-16)19-14-18-15-20-18/h8-13,18H,2-7,14-15H2,1H3/b9-8+. The van der Waals surface area contributed by atoms with E-state index in [-0.39, 0.29) is 0 Å². The van der Waals surface area contributed by atoms with E-state index in [1.54, 1.807) is 0 Å². The van der Waals surface area contributed by atoms with Gasteiger partial charge in [0.05, 0.1) is 6.61 Å². The van der Waals surface area contributed by atoms with Crippen LogP contribution in [0.15, 0.2) is 30.3 Å². The van der Waals surface area contributed by atoms with Gasteiger partial charge in [-0.15, -0.1) is 0 Å². The molecule has 0 saturated carbocycles. The molecule has 2 nitrogen and oxygen atoms in total. The maximum Gasteiger partial charge on any atom is 0.119 e. The van der Waals surface area contributed by atoms with Gasteiger partial charge in [-0.3, -0.25) is 0 Å². The molecule has 1 atom stereocenters. The molecule has 1 aliphatic heterocycles. The van der Waals surface area contributed by atoms with Crippen molar-refractivity contribution in [3.63, 3.8) is 0 Å². The molecule has 0 N–H and O–H groups in total. The molecule has 1 unspecified atom stereocenters. The third kappa shape index (κ3) is 6.25. The first-order valence-electron chi connectivity index (χ1n) is 7.89. The molecule has 2 rings (SSSR count). The minimum atomic E-state index is 0.322. The Labute approximate surface area is 122 Å². The first kappa shape index (κ1) is 15.1. The first-order valence-corrected chi connectivity index (χ1v) is 7.89. The minimum absolute atomic E-state index is 0.322. The second-order valence-electron chi connectivity index (χ2n) is 5.44. The van der Waals surface area contributed by atoms with Gasteiger partial charge < -0.3 is 9.47 Å². The number of unbranched alkanes of at least 4 members (excludes halogenated alkanes) is 5. The van der Waals surface area contributed by atoms with Gasteiger partial charge in [-0.2, -0.15) is 0 Å². The van der Waals surface area contributed by atoms with Gasteiger partial charge in [0.1, 0.15) is 18.5 Å². The third-order valence-corrected chi connectivity index (χ3v) is 3.50. The molecule has 0 aliphatic carbocycles. The SMILES string of the molecule is CCCCCCC/C=C/c1ccc(OCC2CO2)cc1. The highest BCUT2D eigenvalue weighted by atomic mass is 16.6. The largest absolute Gasteiger partial charge is 0.491 e. The Balaban J connectivity index is 1.61. The average Bonchev–Trinajstić information content (AvgIpc) is 3.30. The van der Waals surface area contributed by atoms with E-state index in [0.717, 1.165) is 12.4 Å². The second-order valence-corrected chi connectivity index (χ2v) is 5.44. The van der Waals surface area contributed by atoms with Gasteiger partial charge in [-0.05, 0) is 30.5 Å². The Morgan fingerprint density at radius 2 is 1.90 bits per heavy atom. The maximum atomic E-state index is 5.62. The molecule has 0 amide bonds. The molecule has 1 saturated heterocycles. The van der Waals surface area contributed by atoms with Crippen LogP contribution >= 0.6 is 0 Å². The van der Waals surface area contributed by atoms with Gasteiger partial charge in [0.2, 0.25) is 0 Å². The maximum absolute atomic E-state index is 5.62. The predicted octanol–water partition coefficient (Wildman–Crippen LogP) is 4.84. The molecule has 1 fully saturated rings. The van der Waals surface area contributed by atoms with Crippen LogP contribution in [0, 0.1) is 0 Å². The molecular formula is C18H26O2. The summed E-state index contributed by atoms with van der Waals surface area (Å²) in [4.78, 5) is 0. The Hall–Kier alpha value is -1.28. The fourth-order valence-corrected chi connectivity index (χ4v) is 2.11. The van der Waals surface area contributed by atoms with Gasteiger partial charge in [0.25, 0.3) is 0 Å². The summed E-state index contributed by atoms with van der Waals surface area (Å²) in [6.45, 7) is 3.77. The molecular weight excluding hydrogens is 248 g/mol. The van der Waals surface area contributed by atoms with Crippen LogP contribution in [0.4, 0.5) is 0 Å². The molecule has 1 heterocycles. The van der Waals surface area contributed by atoms with Crippen LogP contribution < -0.4 is 4.74 Å². The number of ether oxygens (including phenoxy) is 2. The summed E-state index contributed by atoms with van der Waals surface area (Å²) in [6.07, 6.45) is 12.7. The summed E-state index contributed by atoms with van der Waals surface area (Å²) in [5.74, 6) is 0.928. The van der Waals surface area contributed by atoms with E-state index in [9.17, 15) is 0 Å². The Morgan fingerprint density at radius 1 is 1.15 bits per heavy atom. The molecule has 0 bridgehead atoms. The highest BCUT2D eigenvalue weighted by Crippen LogP contribution is 2.16. The molecule has 1 aromatic rings. The monoisotopic (exact) mass is 274 g/mol. The molecule has 0 aromatic heterocycles. The fourth-order valence-electron chi connectivity index (χ4n) is 2.11. The fraction of sp³-hybridized carbons (Fsp3) is 0.556. The van der Waals surface area contributed by atoms with Gasteiger partial charge in [0, 0.05) is 0 Å². The van der Waals surface area contributed by atoms with E-state index in [1.807, 2.05) is 12.1 Å². The minimum Gasteiger partial charge on any atom is -0.491 e. The Morgan fingerprint density at radius 3 is 2.60 bits per heavy atom. The number of rotatable bonds is 10. The second kappa shape index (κ2) is 8.80. The van der Waals surface area contributed by atoms with E-state index in [0.29, 0.717) is 12.7 Å². The lowest BCUT2D eigenvalue weighted by Gasteiger charge is -2.03. The third-order valence-electron chi connectivity index (χ3n) is 3.50. The number of hydrogen-bond donors (Lipinski definition) is 0. The predicted molar refractivity (Wildman–Crippen MR) is 84.1 cm³/mol. The first-order chi connectivity index (χ1) is 9.88. The normalized spacial score (nSPS) is 17.6. The van der Waals surface area contributed by atoms with E-state index in [2.05, 4.69) is 31.2 Å². The number of epoxide rings is 1. The van der Waals surface area contributed by atoms with Crippen molar-refractivity contribution >= 4 is 6.08 Å². The van der Waals surface area contributed by atoms with Gasteiger partial charge in [-0.25, -0.2) is 0 Å². The van der Waals surface area contributed by atoms with Gasteiger partial charge in [-0.1, -0.05) is 56.9 Å². The van der Waals surface area contributed by atoms with E-state index in [1.165, 1.54) is 44.1 Å². The number of allylic oxidation sites excluding steroid dienone is 1. The van der Waals surface area contributed by atoms with E-state index in [4.69, 9.17) is 9.47 Å². The molecule has 0 spiro atoms. The van der Waals surface area contributed by atoms with Crippen molar-refractivity contribution in [3.8, 4) is 5.75 Å². The van der Waals surface area contributed by atoms with Crippen molar-refractivity contribution in [2.75, 3.05) is 13.2 Å². The summed E-state index contributed by atoms with van der Waals surface area (Å²) in [5.41, 5.74) is 1.24. The summed E-state index contributed by atoms with van der Waals surface area (Å²) in [6, 6.07) is 8.28. The Kier molecular flexibility index (Phi) is 6.65. The van der Waals surface area contributed by atoms with Crippen LogP contribution in [0.2, 0.25) is 0 Å². The van der Waals surface area contributed by atoms with Gasteiger partial charge in [0.15, 0.2) is 0 Å². The quantitative estimate of drug-likeness (QED) is 0.450. The highest BCUT2D eigenvalue weighted by molar-refractivity contribution is 5.50. The molecule has 1 aliphatic rings. The topological polar surface area (TPSA) is 21.8 Å². The van der Waals surface area contributed by atoms with Crippen LogP contribution in [-0.4, -0.2) is 19.3 Å². The average molecular weight is 274 g/mol. The molecule has 110 valence electrons. The van der Waals surface area contributed by atoms with Crippen molar-refractivity contribution in [2.24, 2.45) is 0 Å². The van der Waals surface area contributed by atoms with Crippen LogP contribution in [0.1, 0.15) is 51.0 Å². The molecule has 20 heavy (non-hydrogen) atoms. The van der Waals surface area contributed by atoms with Crippen LogP contribution in [-0.2, 0) is 4.74 Å². The number of benzene rings is 1. The zero-order valence-corrected chi connectivity index (χ0v) is 12.5. The van der Waals surface area contributed by atoms with Gasteiger partial charge >= 0.3 is 0 Å². The van der Waals surface area contributed by atoms with Crippen molar-refractivity contribution in [3.05, 3.63) is 35.9 Å².